The van der Waals surface area contributed by atoms with Crippen LogP contribution in [0.15, 0.2) is 16.7 Å². The summed E-state index contributed by atoms with van der Waals surface area (Å²) in [5, 5.41) is 10.6. The van der Waals surface area contributed by atoms with Crippen LogP contribution < -0.4 is 5.32 Å². The molecule has 0 aromatic carbocycles. The Morgan fingerprint density at radius 2 is 2.24 bits per heavy atom. The lowest BCUT2D eigenvalue weighted by Crippen LogP contribution is -2.24. The van der Waals surface area contributed by atoms with E-state index in [0.717, 1.165) is 11.4 Å². The zero-order valence-electron chi connectivity index (χ0n) is 10.0. The van der Waals surface area contributed by atoms with E-state index in [1.807, 2.05) is 25.5 Å². The Labute approximate surface area is 98.6 Å². The number of hydrogen-bond acceptors (Lipinski definition) is 4. The van der Waals surface area contributed by atoms with Crippen molar-refractivity contribution in [1.29, 1.82) is 0 Å². The maximum Gasteiger partial charge on any atom is 0.287 e. The Hall–Kier alpha value is -2.11. The lowest BCUT2D eigenvalue weighted by molar-refractivity contribution is 0.0921. The Bertz CT molecular complexity index is 541. The molecule has 2 rings (SSSR count). The summed E-state index contributed by atoms with van der Waals surface area (Å²) in [5.74, 6) is 1.61. The number of rotatable bonds is 3. The molecule has 0 unspecified atom stereocenters. The summed E-state index contributed by atoms with van der Waals surface area (Å²) < 4.78 is 6.92. The summed E-state index contributed by atoms with van der Waals surface area (Å²) in [6.45, 7) is 4.01. The van der Waals surface area contributed by atoms with Crippen molar-refractivity contribution in [3.8, 4) is 0 Å². The fourth-order valence-corrected chi connectivity index (χ4v) is 1.45. The Morgan fingerprint density at radius 3 is 2.76 bits per heavy atom. The van der Waals surface area contributed by atoms with E-state index in [9.17, 15) is 4.79 Å². The maximum atomic E-state index is 11.8. The number of nitrogens with zero attached hydrogens (tertiary/aromatic N) is 3. The molecule has 0 aliphatic heterocycles. The van der Waals surface area contributed by atoms with Gasteiger partial charge in [0.25, 0.3) is 5.91 Å². The van der Waals surface area contributed by atoms with Gasteiger partial charge in [-0.05, 0) is 19.9 Å². The van der Waals surface area contributed by atoms with Gasteiger partial charge in [-0.15, -0.1) is 10.2 Å². The van der Waals surface area contributed by atoms with Crippen molar-refractivity contribution < 1.29 is 9.21 Å². The van der Waals surface area contributed by atoms with Crippen molar-refractivity contribution in [3.05, 3.63) is 35.3 Å². The van der Waals surface area contributed by atoms with E-state index in [4.69, 9.17) is 4.42 Å². The largest absolute Gasteiger partial charge is 0.459 e. The summed E-state index contributed by atoms with van der Waals surface area (Å²) in [7, 11) is 1.86. The Morgan fingerprint density at radius 1 is 1.47 bits per heavy atom. The average Bonchev–Trinajstić information content (AvgIpc) is 2.85. The van der Waals surface area contributed by atoms with Crippen LogP contribution in [0.4, 0.5) is 0 Å². The minimum Gasteiger partial charge on any atom is -0.459 e. The molecular formula is C11H14N4O2. The molecule has 0 bridgehead atoms. The molecule has 0 saturated carbocycles. The summed E-state index contributed by atoms with van der Waals surface area (Å²) in [6, 6.07) is 1.75. The van der Waals surface area contributed by atoms with E-state index in [1.165, 1.54) is 6.26 Å². The van der Waals surface area contributed by atoms with Crippen molar-refractivity contribution >= 4 is 5.91 Å². The summed E-state index contributed by atoms with van der Waals surface area (Å²) in [5.41, 5.74) is 0.816. The second-order valence-corrected chi connectivity index (χ2v) is 3.84. The van der Waals surface area contributed by atoms with Crippen LogP contribution in [0, 0.1) is 13.8 Å². The molecule has 17 heavy (non-hydrogen) atoms. The molecule has 0 fully saturated rings. The molecule has 0 saturated heterocycles. The molecule has 2 heterocycles. The summed E-state index contributed by atoms with van der Waals surface area (Å²) in [6.07, 6.45) is 1.50. The van der Waals surface area contributed by atoms with Crippen molar-refractivity contribution in [2.75, 3.05) is 0 Å². The molecule has 0 aliphatic carbocycles. The number of aromatic nitrogens is 3. The highest BCUT2D eigenvalue weighted by Crippen LogP contribution is 2.08. The minimum absolute atomic E-state index is 0.242. The van der Waals surface area contributed by atoms with Crippen LogP contribution in [0.2, 0.25) is 0 Å². The van der Waals surface area contributed by atoms with Gasteiger partial charge in [0.15, 0.2) is 11.6 Å². The van der Waals surface area contributed by atoms with Gasteiger partial charge in [-0.2, -0.15) is 0 Å². The molecular weight excluding hydrogens is 220 g/mol. The van der Waals surface area contributed by atoms with Gasteiger partial charge < -0.3 is 14.3 Å². The monoisotopic (exact) mass is 234 g/mol. The van der Waals surface area contributed by atoms with Crippen LogP contribution in [-0.4, -0.2) is 20.7 Å². The van der Waals surface area contributed by atoms with E-state index in [-0.39, 0.29) is 5.91 Å². The molecule has 1 amide bonds. The SMILES string of the molecule is Cc1ccoc1C(=O)NCc1nnc(C)n1C. The number of furan rings is 1. The number of nitrogens with one attached hydrogen (secondary N) is 1. The van der Waals surface area contributed by atoms with E-state index in [1.54, 1.807) is 6.07 Å². The first-order valence-corrected chi connectivity index (χ1v) is 5.26. The van der Waals surface area contributed by atoms with Crippen molar-refractivity contribution in [1.82, 2.24) is 20.1 Å². The molecule has 2 aromatic rings. The van der Waals surface area contributed by atoms with E-state index in [2.05, 4.69) is 15.5 Å². The molecule has 1 N–H and O–H groups in total. The van der Waals surface area contributed by atoms with E-state index in [0.29, 0.717) is 18.1 Å². The first-order valence-electron chi connectivity index (χ1n) is 5.26. The normalized spacial score (nSPS) is 10.5. The molecule has 0 aliphatic rings. The van der Waals surface area contributed by atoms with Crippen molar-refractivity contribution in [3.63, 3.8) is 0 Å². The lowest BCUT2D eigenvalue weighted by Gasteiger charge is -2.03. The minimum atomic E-state index is -0.242. The third kappa shape index (κ3) is 2.20. The van der Waals surface area contributed by atoms with Crippen molar-refractivity contribution in [2.45, 2.75) is 20.4 Å². The van der Waals surface area contributed by atoms with Crippen molar-refractivity contribution in [2.24, 2.45) is 7.05 Å². The fourth-order valence-electron chi connectivity index (χ4n) is 1.45. The maximum absolute atomic E-state index is 11.8. The Balaban J connectivity index is 2.02. The average molecular weight is 234 g/mol. The molecule has 2 aromatic heterocycles. The highest BCUT2D eigenvalue weighted by molar-refractivity contribution is 5.92. The van der Waals surface area contributed by atoms with Crippen LogP contribution in [0.3, 0.4) is 0 Å². The zero-order valence-corrected chi connectivity index (χ0v) is 10.0. The molecule has 90 valence electrons. The van der Waals surface area contributed by atoms with Crippen LogP contribution in [0.25, 0.3) is 0 Å². The molecule has 0 radical (unpaired) electrons. The highest BCUT2D eigenvalue weighted by atomic mass is 16.3. The van der Waals surface area contributed by atoms with Gasteiger partial charge in [-0.3, -0.25) is 4.79 Å². The predicted molar refractivity (Wildman–Crippen MR) is 60.4 cm³/mol. The number of aryl methyl sites for hydroxylation is 2. The first-order chi connectivity index (χ1) is 8.09. The third-order valence-electron chi connectivity index (χ3n) is 2.66. The summed E-state index contributed by atoms with van der Waals surface area (Å²) in [4.78, 5) is 11.8. The smallest absolute Gasteiger partial charge is 0.287 e. The predicted octanol–water partition coefficient (Wildman–Crippen LogP) is 0.955. The first kappa shape index (κ1) is 11.4. The van der Waals surface area contributed by atoms with Gasteiger partial charge in [-0.25, -0.2) is 0 Å². The molecule has 0 spiro atoms. The fraction of sp³-hybridized carbons (Fsp3) is 0.364. The number of amides is 1. The standard InChI is InChI=1S/C11H14N4O2/c1-7-4-5-17-10(7)11(16)12-6-9-14-13-8(2)15(9)3/h4-5H,6H2,1-3H3,(H,12,16). The number of carbonyl (C=O) groups excluding carboxylic acids is 1. The van der Waals surface area contributed by atoms with Gasteiger partial charge in [0.05, 0.1) is 12.8 Å². The topological polar surface area (TPSA) is 73.0 Å². The molecule has 6 nitrogen and oxygen atoms in total. The Kier molecular flexibility index (Phi) is 2.95. The second kappa shape index (κ2) is 4.40. The summed E-state index contributed by atoms with van der Waals surface area (Å²) >= 11 is 0. The molecule has 6 heteroatoms. The van der Waals surface area contributed by atoms with Crippen LogP contribution in [0.1, 0.15) is 27.8 Å². The zero-order chi connectivity index (χ0) is 12.4. The highest BCUT2D eigenvalue weighted by Gasteiger charge is 2.13. The van der Waals surface area contributed by atoms with E-state index >= 15 is 0 Å². The second-order valence-electron chi connectivity index (χ2n) is 3.84. The van der Waals surface area contributed by atoms with Gasteiger partial charge in [0.2, 0.25) is 0 Å². The number of carbonyl (C=O) groups is 1. The van der Waals surface area contributed by atoms with Crippen LogP contribution in [-0.2, 0) is 13.6 Å². The van der Waals surface area contributed by atoms with E-state index < -0.39 is 0 Å². The van der Waals surface area contributed by atoms with Gasteiger partial charge in [-0.1, -0.05) is 0 Å². The van der Waals surface area contributed by atoms with Gasteiger partial charge in [0, 0.05) is 12.6 Å². The third-order valence-corrected chi connectivity index (χ3v) is 2.66. The lowest BCUT2D eigenvalue weighted by atomic mass is 10.3. The quantitative estimate of drug-likeness (QED) is 0.858. The van der Waals surface area contributed by atoms with Crippen LogP contribution >= 0.6 is 0 Å². The van der Waals surface area contributed by atoms with Crippen LogP contribution in [0.5, 0.6) is 0 Å². The number of hydrogen-bond donors (Lipinski definition) is 1. The molecule has 0 atom stereocenters. The van der Waals surface area contributed by atoms with Gasteiger partial charge in [0.1, 0.15) is 5.82 Å². The van der Waals surface area contributed by atoms with Gasteiger partial charge >= 0.3 is 0 Å².